The fourth-order valence-electron chi connectivity index (χ4n) is 0.651. The van der Waals surface area contributed by atoms with Crippen LogP contribution in [-0.2, 0) is 83.3 Å². The molecule has 0 N–H and O–H groups in total. The van der Waals surface area contributed by atoms with E-state index >= 15 is 0 Å². The Bertz CT molecular complexity index is 377. The molecule has 137 valence electrons. The molecule has 0 aromatic heterocycles. The van der Waals surface area contributed by atoms with Crippen LogP contribution in [0.15, 0.2) is 50.6 Å². The van der Waals surface area contributed by atoms with Crippen LogP contribution in [-0.4, -0.2) is 26.4 Å². The van der Waals surface area contributed by atoms with Gasteiger partial charge >= 0.3 is 17.1 Å². The van der Waals surface area contributed by atoms with Crippen LogP contribution < -0.4 is 0 Å². The molecule has 0 amide bonds. The van der Waals surface area contributed by atoms with Crippen LogP contribution in [0.4, 0.5) is 0 Å². The zero-order valence-electron chi connectivity index (χ0n) is 12.4. The van der Waals surface area contributed by atoms with Gasteiger partial charge in [0.1, 0.15) is 0 Å². The fraction of sp³-hybridized carbons (Fsp3) is 0.333. The van der Waals surface area contributed by atoms with Gasteiger partial charge in [0.05, 0.1) is 37.8 Å². The maximum absolute atomic E-state index is 5.03. The molecule has 0 aliphatic heterocycles. The molecule has 0 spiro atoms. The Morgan fingerprint density at radius 3 is 0.957 bits per heavy atom. The van der Waals surface area contributed by atoms with Crippen LogP contribution in [0.3, 0.4) is 0 Å². The summed E-state index contributed by atoms with van der Waals surface area (Å²) in [5.74, 6) is 0. The number of rotatable bonds is 12. The van der Waals surface area contributed by atoms with Crippen molar-refractivity contribution in [3.8, 4) is 0 Å². The Labute approximate surface area is 170 Å². The van der Waals surface area contributed by atoms with Crippen LogP contribution in [0.1, 0.15) is 0 Å². The maximum atomic E-state index is 5.03. The second-order valence-electron chi connectivity index (χ2n) is 3.23. The smallest absolute Gasteiger partial charge is 0.691 e. The van der Waals surface area contributed by atoms with Crippen molar-refractivity contribution in [3.63, 3.8) is 0 Å². The normalized spacial score (nSPS) is 10.5. The van der Waals surface area contributed by atoms with E-state index in [1.807, 2.05) is 0 Å². The topological polar surface area (TPSA) is 36.9 Å². The summed E-state index contributed by atoms with van der Waals surface area (Å²) in [5, 5.41) is 0. The van der Waals surface area contributed by atoms with Crippen LogP contribution in [0.25, 0.3) is 0 Å². The summed E-state index contributed by atoms with van der Waals surface area (Å²) in [5.41, 5.74) is -4.90. The van der Waals surface area contributed by atoms with Crippen LogP contribution in [0, 0.1) is 0 Å². The maximum Gasteiger partial charge on any atom is 2.00 e. The van der Waals surface area contributed by atoms with E-state index in [0.29, 0.717) is 26.4 Å². The van der Waals surface area contributed by atoms with Gasteiger partial charge in [0.2, 0.25) is 0 Å². The van der Waals surface area contributed by atoms with Crippen molar-refractivity contribution in [1.82, 2.24) is 0 Å². The number of hydrogen-bond donors (Lipinski definition) is 0. The average molecular weight is 482 g/mol. The Morgan fingerprint density at radius 2 is 0.826 bits per heavy atom. The third-order valence-electron chi connectivity index (χ3n) is 1.40. The van der Waals surface area contributed by atoms with E-state index in [1.54, 1.807) is 24.3 Å². The van der Waals surface area contributed by atoms with Gasteiger partial charge in [0.15, 0.2) is 0 Å². The molecule has 0 aliphatic rings. The molecule has 0 bridgehead atoms. The first-order valence-corrected chi connectivity index (χ1v) is 13.2. The predicted octanol–water partition coefficient (Wildman–Crippen LogP) is 4.32. The van der Waals surface area contributed by atoms with Crippen molar-refractivity contribution in [2.24, 2.45) is 0 Å². The van der Waals surface area contributed by atoms with E-state index in [1.165, 1.54) is 0 Å². The minimum atomic E-state index is -2.45. The summed E-state index contributed by atoms with van der Waals surface area (Å²) in [6.07, 6.45) is 6.35. The molecule has 0 saturated carbocycles. The SMILES string of the molecule is C=CCOP(=S)([S-])OCC=C.C=CCOP(=S)([S-])OCC=C.[Cu+2]. The van der Waals surface area contributed by atoms with Crippen molar-refractivity contribution in [1.29, 1.82) is 0 Å². The molecule has 0 atom stereocenters. The zero-order valence-corrected chi connectivity index (χ0v) is 18.4. The van der Waals surface area contributed by atoms with E-state index in [4.69, 9.17) is 66.2 Å². The molecule has 0 aliphatic carbocycles. The molecule has 0 fully saturated rings. The third kappa shape index (κ3) is 23.3. The second kappa shape index (κ2) is 18.1. The fourth-order valence-corrected chi connectivity index (χ4v) is 3.41. The van der Waals surface area contributed by atoms with Gasteiger partial charge in [-0.15, -0.1) is 26.3 Å². The minimum absolute atomic E-state index is 0. The average Bonchev–Trinajstić information content (AvgIpc) is 2.48. The molecule has 0 heterocycles. The molecule has 0 aromatic carbocycles. The van der Waals surface area contributed by atoms with Crippen molar-refractivity contribution in [3.05, 3.63) is 50.6 Å². The summed E-state index contributed by atoms with van der Waals surface area (Å²) >= 11 is 19.4. The van der Waals surface area contributed by atoms with Gasteiger partial charge in [0, 0.05) is 0 Å². The Kier molecular flexibility index (Phi) is 22.9. The van der Waals surface area contributed by atoms with Gasteiger partial charge in [-0.25, -0.2) is 0 Å². The first kappa shape index (κ1) is 29.1. The summed E-state index contributed by atoms with van der Waals surface area (Å²) in [6.45, 7) is 15.3. The van der Waals surface area contributed by atoms with E-state index in [9.17, 15) is 0 Å². The summed E-state index contributed by atoms with van der Waals surface area (Å²) in [7, 11) is 0. The van der Waals surface area contributed by atoms with Crippen LogP contribution in [0.2, 0.25) is 0 Å². The van der Waals surface area contributed by atoms with Gasteiger partial charge in [-0.3, -0.25) is 0 Å². The van der Waals surface area contributed by atoms with Gasteiger partial charge in [-0.05, 0) is 0 Å². The van der Waals surface area contributed by atoms with Gasteiger partial charge in [-0.1, -0.05) is 47.9 Å². The zero-order chi connectivity index (χ0) is 17.5. The first-order chi connectivity index (χ1) is 10.2. The summed E-state index contributed by atoms with van der Waals surface area (Å²) in [4.78, 5) is 0. The van der Waals surface area contributed by atoms with Gasteiger partial charge in [0.25, 0.3) is 0 Å². The van der Waals surface area contributed by atoms with Crippen molar-refractivity contribution in [2.75, 3.05) is 26.4 Å². The molecule has 0 unspecified atom stereocenters. The van der Waals surface area contributed by atoms with E-state index in [-0.39, 0.29) is 17.1 Å². The monoisotopic (exact) mass is 481 g/mol. The number of hydrogen-bond acceptors (Lipinski definition) is 8. The van der Waals surface area contributed by atoms with E-state index in [2.05, 4.69) is 26.3 Å². The predicted molar refractivity (Wildman–Crippen MR) is 108 cm³/mol. The quantitative estimate of drug-likeness (QED) is 0.176. The molecule has 0 rings (SSSR count). The van der Waals surface area contributed by atoms with Crippen molar-refractivity contribution >= 4 is 59.5 Å². The third-order valence-corrected chi connectivity index (χ3v) is 5.79. The minimum Gasteiger partial charge on any atom is -0.691 e. The standard InChI is InChI=1S/2C6H11O2PS2.Cu/c2*1-3-5-7-9(10,11)8-6-4-2;/h2*3-4H,1-2,5-6H2,(H,10,11);/q;;+2/p-2. The van der Waals surface area contributed by atoms with Gasteiger partial charge in [-0.2, -0.15) is 0 Å². The summed E-state index contributed by atoms with van der Waals surface area (Å²) < 4.78 is 20.1. The van der Waals surface area contributed by atoms with Crippen LogP contribution >= 0.6 is 11.4 Å². The Balaban J connectivity index is -0.000000333. The molecule has 4 nitrogen and oxygen atoms in total. The summed E-state index contributed by atoms with van der Waals surface area (Å²) in [6, 6.07) is 0. The molecule has 0 aromatic rings. The van der Waals surface area contributed by atoms with E-state index < -0.39 is 11.4 Å². The first-order valence-electron chi connectivity index (χ1n) is 5.88. The van der Waals surface area contributed by atoms with Crippen molar-refractivity contribution in [2.45, 2.75) is 0 Å². The van der Waals surface area contributed by atoms with E-state index in [0.717, 1.165) is 0 Å². The Hall–Kier alpha value is 1.32. The van der Waals surface area contributed by atoms with Gasteiger partial charge < -0.3 is 42.6 Å². The molecule has 0 saturated heterocycles. The Morgan fingerprint density at radius 1 is 0.652 bits per heavy atom. The largest absolute Gasteiger partial charge is 2.00 e. The second-order valence-corrected chi connectivity index (χ2v) is 13.2. The molecule has 23 heavy (non-hydrogen) atoms. The van der Waals surface area contributed by atoms with Crippen LogP contribution in [0.5, 0.6) is 0 Å². The molecular formula is C12H20CuO4P2S4. The van der Waals surface area contributed by atoms with Crippen molar-refractivity contribution < 1.29 is 35.2 Å². The molecular weight excluding hydrogens is 462 g/mol. The molecule has 11 heteroatoms. The molecule has 1 radical (unpaired) electrons.